The Kier molecular flexibility index (Phi) is 37.1. The molecule has 2 aromatic carbocycles. The van der Waals surface area contributed by atoms with Gasteiger partial charge in [0.2, 0.25) is 0 Å². The molecule has 0 aromatic heterocycles. The molecule has 1 N–H and O–H groups in total. The molecule has 0 saturated carbocycles. The molecule has 8 rings (SSSR count). The first-order chi connectivity index (χ1) is 47.7. The first-order valence-corrected chi connectivity index (χ1v) is 44.8. The highest BCUT2D eigenvalue weighted by Gasteiger charge is 2.48. The summed E-state index contributed by atoms with van der Waals surface area (Å²) in [6.07, 6.45) is 24.1. The first-order valence-electron chi connectivity index (χ1n) is 37.7. The third kappa shape index (κ3) is 27.9. The van der Waals surface area contributed by atoms with E-state index < -0.39 is 39.8 Å². The van der Waals surface area contributed by atoms with Gasteiger partial charge in [0.25, 0.3) is 0 Å². The molecule has 0 amide bonds. The molecule has 6 saturated heterocycles. The number of hydrogen-bond acceptors (Lipinski definition) is 14. The zero-order chi connectivity index (χ0) is 74.8. The van der Waals surface area contributed by atoms with Crippen LogP contribution >= 0.6 is 0 Å². The number of aliphatic hydroxyl groups excluding tert-OH is 1. The molecule has 18 heteroatoms. The van der Waals surface area contributed by atoms with Crippen molar-refractivity contribution < 1.29 is 64.0 Å². The quantitative estimate of drug-likeness (QED) is 0.0429. The standard InChI is InChI=1S/C43H68O5Si.C40H64O5Si.2O2S/c1-12-22-44-23-16-19-36-26-32(4)39(46-36)21-20-37-25-31(3)33(5)41(47-37)28-42-38(27-35-17-14-13-15-18-35)34(6)40(48-42)24-30(2)29-45-49(10,11)43(7,8)9;1-27(26-42-46(9,10)40(6,7)8)21-37-31(5)35(24-32-15-12-11-13-16-32)39(45-37)25-38-30(4)28(2)22-34(44-38)18-19-36-29(3)23-33(43-36)17-14-20-41;2*1-3-2/h12-19,30-31,34,36-42H,1,4-5,20-29H2,2-3,6-11H3;11-17,27-28,31,33-39,41H,3-4,18-26H2,1-2,5-10H3;;/b19-16+;17-14+;;/t30-,31+,34+,36-,37-,38+,39?,40+,41?,42-;27-,28+,31+,33-,34-,35+,36?,37+,38?,39-;;/m00../s1. The van der Waals surface area contributed by atoms with E-state index in [2.05, 4.69) is 209 Å². The second kappa shape index (κ2) is 42.6. The summed E-state index contributed by atoms with van der Waals surface area (Å²) in [5, 5.41) is 9.56. The number of ether oxygens (including phenoxy) is 7. The molecular weight excluding hydrogens is 1340 g/mol. The zero-order valence-electron chi connectivity index (χ0n) is 64.7. The lowest BCUT2D eigenvalue weighted by Crippen LogP contribution is -2.42. The van der Waals surface area contributed by atoms with E-state index in [0.717, 1.165) is 109 Å². The molecule has 0 aliphatic carbocycles. The van der Waals surface area contributed by atoms with Gasteiger partial charge in [0.15, 0.2) is 16.6 Å². The van der Waals surface area contributed by atoms with Gasteiger partial charge in [-0.1, -0.05) is 200 Å². The second-order valence-electron chi connectivity index (χ2n) is 33.3. The van der Waals surface area contributed by atoms with Crippen LogP contribution in [-0.2, 0) is 78.0 Å². The summed E-state index contributed by atoms with van der Waals surface area (Å²) in [4.78, 5) is 0. The lowest BCUT2D eigenvalue weighted by Gasteiger charge is -2.38. The molecule has 6 aliphatic rings. The van der Waals surface area contributed by atoms with Gasteiger partial charge < -0.3 is 47.1 Å². The van der Waals surface area contributed by atoms with Gasteiger partial charge in [-0.15, -0.1) is 6.58 Å². The molecule has 6 aliphatic heterocycles. The summed E-state index contributed by atoms with van der Waals surface area (Å²) in [6.45, 7) is 61.6. The van der Waals surface area contributed by atoms with Gasteiger partial charge in [-0.2, -0.15) is 16.8 Å². The molecular formula is C83H132O14S2Si2. The normalized spacial score (nSPS) is 30.9. The fourth-order valence-electron chi connectivity index (χ4n) is 14.9. The number of rotatable bonds is 31. The fraction of sp³-hybridized carbons (Fsp3) is 0.687. The predicted molar refractivity (Wildman–Crippen MR) is 417 cm³/mol. The van der Waals surface area contributed by atoms with Gasteiger partial charge in [0.05, 0.1) is 93.1 Å². The summed E-state index contributed by atoms with van der Waals surface area (Å²) < 4.78 is 92.3. The lowest BCUT2D eigenvalue weighted by molar-refractivity contribution is -0.0743. The number of aliphatic hydroxyl groups is 1. The monoisotopic (exact) mass is 1470 g/mol. The van der Waals surface area contributed by atoms with E-state index in [0.29, 0.717) is 60.6 Å². The van der Waals surface area contributed by atoms with Gasteiger partial charge in [-0.3, -0.25) is 0 Å². The summed E-state index contributed by atoms with van der Waals surface area (Å²) >= 11 is -1.50. The van der Waals surface area contributed by atoms with Crippen LogP contribution in [0.5, 0.6) is 0 Å². The summed E-state index contributed by atoms with van der Waals surface area (Å²) in [6, 6.07) is 21.8. The van der Waals surface area contributed by atoms with Crippen molar-refractivity contribution in [3.8, 4) is 0 Å². The molecule has 4 unspecified atom stereocenters. The highest BCUT2D eigenvalue weighted by Crippen LogP contribution is 2.47. The van der Waals surface area contributed by atoms with Crippen LogP contribution in [0.2, 0.25) is 36.3 Å². The molecule has 20 atom stereocenters. The van der Waals surface area contributed by atoms with Gasteiger partial charge >= 0.3 is 23.1 Å². The van der Waals surface area contributed by atoms with Crippen molar-refractivity contribution in [2.45, 2.75) is 282 Å². The van der Waals surface area contributed by atoms with Gasteiger partial charge in [0.1, 0.15) is 0 Å². The van der Waals surface area contributed by atoms with Crippen LogP contribution in [0.3, 0.4) is 0 Å². The Labute approximate surface area is 620 Å². The largest absolute Gasteiger partial charge is 0.417 e. The number of benzene rings is 2. The zero-order valence-corrected chi connectivity index (χ0v) is 68.4. The second-order valence-corrected chi connectivity index (χ2v) is 43.2. The van der Waals surface area contributed by atoms with Gasteiger partial charge in [-0.05, 0) is 181 Å². The molecule has 101 heavy (non-hydrogen) atoms. The molecule has 0 bridgehead atoms. The molecule has 0 spiro atoms. The van der Waals surface area contributed by atoms with E-state index in [1.165, 1.54) is 27.8 Å². The van der Waals surface area contributed by atoms with Gasteiger partial charge in [-0.25, -0.2) is 0 Å². The molecule has 568 valence electrons. The third-order valence-corrected chi connectivity index (χ3v) is 32.4. The SMILES string of the molecule is C=C1C[C@H](/C=C/CO)OC1CC[C@H]1C[C@@H](C)C(=C)C(C[C@@H]2O[C@H](C[C@H](C)CO[Si](C)(C)C(C)(C)C)[C@H](C)[C@H]2Cc2ccccc2)O1.C=CCOC/C=C/[C@H]1CC(=C)C(CC[C@H]2C[C@@H](C)C(=C)C(C[C@@H]3O[C@H](C[C@H](C)CO[Si](C)(C)C(C)(C)C)[C@H](C)[C@H]3Cc3ccccc3)O2)O1.O=S=O.O=S=O. The van der Waals surface area contributed by atoms with E-state index in [-0.39, 0.29) is 89.9 Å². The highest BCUT2D eigenvalue weighted by atomic mass is 32.1. The summed E-state index contributed by atoms with van der Waals surface area (Å²) in [5.41, 5.74) is 7.51. The van der Waals surface area contributed by atoms with E-state index in [4.69, 9.17) is 64.0 Å². The maximum Gasteiger partial charge on any atom is 0.335 e. The average Bonchev–Trinajstić information content (AvgIpc) is 1.69. The van der Waals surface area contributed by atoms with Crippen molar-refractivity contribution in [1.82, 2.24) is 0 Å². The van der Waals surface area contributed by atoms with Crippen LogP contribution in [0, 0.1) is 47.3 Å². The summed E-state index contributed by atoms with van der Waals surface area (Å²) in [5.74, 6) is 3.45. The minimum absolute atomic E-state index is 0.00117. The first kappa shape index (κ1) is 87.9. The Balaban J connectivity index is 0.000000338. The Morgan fingerprint density at radius 3 is 1.28 bits per heavy atom. The predicted octanol–water partition coefficient (Wildman–Crippen LogP) is 18.0. The highest BCUT2D eigenvalue weighted by molar-refractivity contribution is 7.52. The topological polar surface area (TPSA) is 172 Å². The van der Waals surface area contributed by atoms with Crippen molar-refractivity contribution in [2.24, 2.45) is 47.3 Å². The van der Waals surface area contributed by atoms with Gasteiger partial charge in [0, 0.05) is 38.9 Å². The van der Waals surface area contributed by atoms with Crippen LogP contribution in [0.15, 0.2) is 146 Å². The average molecular weight is 1470 g/mol. The molecule has 0 radical (unpaired) electrons. The molecule has 14 nitrogen and oxygen atoms in total. The maximum atomic E-state index is 9.13. The van der Waals surface area contributed by atoms with Crippen molar-refractivity contribution in [3.05, 3.63) is 157 Å². The molecule has 6 heterocycles. The van der Waals surface area contributed by atoms with Crippen LogP contribution in [0.1, 0.15) is 171 Å². The van der Waals surface area contributed by atoms with E-state index >= 15 is 0 Å². The van der Waals surface area contributed by atoms with Crippen LogP contribution in [0.4, 0.5) is 0 Å². The van der Waals surface area contributed by atoms with Crippen LogP contribution in [-0.4, -0.2) is 145 Å². The minimum Gasteiger partial charge on any atom is -0.417 e. The summed E-state index contributed by atoms with van der Waals surface area (Å²) in [7, 11) is -3.58. The van der Waals surface area contributed by atoms with Crippen LogP contribution in [0.25, 0.3) is 0 Å². The van der Waals surface area contributed by atoms with Crippen molar-refractivity contribution >= 4 is 39.8 Å². The van der Waals surface area contributed by atoms with Crippen molar-refractivity contribution in [3.63, 3.8) is 0 Å². The fourth-order valence-corrected chi connectivity index (χ4v) is 17.1. The molecule has 6 fully saturated rings. The maximum absolute atomic E-state index is 9.13. The van der Waals surface area contributed by atoms with Crippen molar-refractivity contribution in [2.75, 3.05) is 33.0 Å². The Hall–Kier alpha value is -3.71. The Morgan fingerprint density at radius 2 is 0.921 bits per heavy atom. The van der Waals surface area contributed by atoms with Crippen LogP contribution < -0.4 is 0 Å². The molecule has 2 aromatic rings. The van der Waals surface area contributed by atoms with E-state index in [1.807, 2.05) is 12.2 Å². The Morgan fingerprint density at radius 1 is 0.545 bits per heavy atom. The number of hydrogen-bond donors (Lipinski definition) is 1. The van der Waals surface area contributed by atoms with E-state index in [1.54, 1.807) is 12.2 Å². The minimum atomic E-state index is -1.79. The third-order valence-electron chi connectivity index (χ3n) is 23.4. The Bertz CT molecular complexity index is 2970. The van der Waals surface area contributed by atoms with E-state index in [9.17, 15) is 0 Å². The smallest absolute Gasteiger partial charge is 0.335 e. The lowest BCUT2D eigenvalue weighted by atomic mass is 9.78. The van der Waals surface area contributed by atoms with Crippen molar-refractivity contribution in [1.29, 1.82) is 0 Å².